The van der Waals surface area contributed by atoms with Crippen LogP contribution in [-0.2, 0) is 5.41 Å². The van der Waals surface area contributed by atoms with Gasteiger partial charge in [-0.3, -0.25) is 0 Å². The van der Waals surface area contributed by atoms with E-state index in [1.54, 1.807) is 44.5 Å². The highest BCUT2D eigenvalue weighted by Gasteiger charge is 2.57. The lowest BCUT2D eigenvalue weighted by Crippen LogP contribution is -2.32. The van der Waals surface area contributed by atoms with Gasteiger partial charge in [0.1, 0.15) is 0 Å². The van der Waals surface area contributed by atoms with Gasteiger partial charge in [0.25, 0.3) is 0 Å². The smallest absolute Gasteiger partial charge is 0.0215 e. The van der Waals surface area contributed by atoms with Crippen LogP contribution in [0.2, 0.25) is 0 Å². The first-order valence-electron chi connectivity index (χ1n) is 13.6. The lowest BCUT2D eigenvalue weighted by molar-refractivity contribution is 0.349. The molecule has 0 aromatic heterocycles. The fourth-order valence-corrected chi connectivity index (χ4v) is 10.6. The molecular weight excluding hydrogens is 384 g/mol. The van der Waals surface area contributed by atoms with Crippen molar-refractivity contribution in [3.05, 3.63) is 82.0 Å². The molecule has 1 spiro atoms. The number of benzene rings is 2. The highest BCUT2D eigenvalue weighted by atomic mass is 14.6. The molecule has 2 aromatic rings. The summed E-state index contributed by atoms with van der Waals surface area (Å²) in [6.45, 7) is 0. The Morgan fingerprint density at radius 3 is 1.34 bits per heavy atom. The first kappa shape index (κ1) is 16.5. The fourth-order valence-electron chi connectivity index (χ4n) is 10.6. The molecule has 0 nitrogen and oxygen atoms in total. The largest absolute Gasteiger partial charge is 0.0845 e. The van der Waals surface area contributed by atoms with E-state index in [1.165, 1.54) is 44.9 Å². The Morgan fingerprint density at radius 2 is 0.906 bits per heavy atom. The van der Waals surface area contributed by atoms with E-state index in [1.807, 2.05) is 0 Å². The maximum absolute atomic E-state index is 2.76. The van der Waals surface area contributed by atoms with E-state index in [2.05, 4.69) is 48.6 Å². The molecule has 158 valence electrons. The fraction of sp³-hybridized carbons (Fsp3) is 0.500. The van der Waals surface area contributed by atoms with Crippen LogP contribution >= 0.6 is 0 Å². The maximum Gasteiger partial charge on any atom is 0.0215 e. The van der Waals surface area contributed by atoms with Gasteiger partial charge in [-0.2, -0.15) is 0 Å². The zero-order chi connectivity index (χ0) is 20.3. The van der Waals surface area contributed by atoms with Crippen LogP contribution in [0.5, 0.6) is 0 Å². The maximum atomic E-state index is 2.76. The zero-order valence-electron chi connectivity index (χ0n) is 18.7. The first-order valence-corrected chi connectivity index (χ1v) is 13.6. The third-order valence-corrected chi connectivity index (χ3v) is 11.8. The average molecular weight is 415 g/mol. The lowest BCUT2D eigenvalue weighted by Gasteiger charge is -2.44. The number of hydrogen-bond donors (Lipinski definition) is 0. The minimum Gasteiger partial charge on any atom is -0.0845 e. The average Bonchev–Trinajstić information content (AvgIpc) is 3.60. The van der Waals surface area contributed by atoms with Crippen LogP contribution in [0, 0.1) is 23.7 Å². The van der Waals surface area contributed by atoms with Crippen LogP contribution in [0.15, 0.2) is 48.6 Å². The number of hydrogen-bond acceptors (Lipinski definition) is 0. The van der Waals surface area contributed by atoms with E-state index in [4.69, 9.17) is 0 Å². The van der Waals surface area contributed by atoms with Crippen molar-refractivity contribution in [2.75, 3.05) is 0 Å². The Kier molecular flexibility index (Phi) is 2.60. The quantitative estimate of drug-likeness (QED) is 0.388. The van der Waals surface area contributed by atoms with Gasteiger partial charge in [0.2, 0.25) is 0 Å². The van der Waals surface area contributed by atoms with Gasteiger partial charge in [-0.05, 0) is 118 Å². The zero-order valence-corrected chi connectivity index (χ0v) is 18.7. The Labute approximate surface area is 190 Å². The normalized spacial score (nSPS) is 42.8. The second-order valence-corrected chi connectivity index (χ2v) is 12.7. The van der Waals surface area contributed by atoms with Crippen LogP contribution in [-0.4, -0.2) is 0 Å². The summed E-state index contributed by atoms with van der Waals surface area (Å²) in [6.07, 6.45) is 20.0. The van der Waals surface area contributed by atoms with E-state index < -0.39 is 0 Å². The van der Waals surface area contributed by atoms with Gasteiger partial charge in [-0.15, -0.1) is 0 Å². The molecule has 8 unspecified atom stereocenters. The molecule has 32 heavy (non-hydrogen) atoms. The lowest BCUT2D eigenvalue weighted by atomic mass is 9.60. The third kappa shape index (κ3) is 1.56. The Bertz CT molecular complexity index is 1220. The van der Waals surface area contributed by atoms with Gasteiger partial charge in [-0.1, -0.05) is 67.8 Å². The SMILES string of the molecule is C1=CC2CC1C1c3cc4c(cc3C21)C1(CCCCC1)c1cc2c(cc1-4)C1C3C=CC(C3)C21. The molecule has 3 saturated carbocycles. The third-order valence-electron chi connectivity index (χ3n) is 11.8. The Hall–Kier alpha value is -2.08. The predicted octanol–water partition coefficient (Wildman–Crippen LogP) is 7.69. The standard InChI is InChI=1S/C32H30/c1-2-8-32(9-3-1)26-14-24-22(28-16-4-6-18(10-16)30(24)28)12-20(26)21-13-23-25(15-27(21)32)31-19-7-5-17(11-19)29(23)31/h4-7,12-19,28-31H,1-3,8-11H2. The van der Waals surface area contributed by atoms with E-state index in [9.17, 15) is 0 Å². The van der Waals surface area contributed by atoms with Crippen LogP contribution in [0.3, 0.4) is 0 Å². The van der Waals surface area contributed by atoms with Crippen molar-refractivity contribution in [3.8, 4) is 11.1 Å². The summed E-state index contributed by atoms with van der Waals surface area (Å²) in [5.41, 5.74) is 14.1. The van der Waals surface area contributed by atoms with Crippen molar-refractivity contribution in [2.24, 2.45) is 23.7 Å². The van der Waals surface area contributed by atoms with E-state index in [0.29, 0.717) is 5.41 Å². The van der Waals surface area contributed by atoms with Crippen LogP contribution in [0.25, 0.3) is 11.1 Å². The van der Waals surface area contributed by atoms with Crippen LogP contribution < -0.4 is 0 Å². The summed E-state index contributed by atoms with van der Waals surface area (Å²) in [4.78, 5) is 0. The van der Waals surface area contributed by atoms with Gasteiger partial charge in [-0.25, -0.2) is 0 Å². The highest BCUT2D eigenvalue weighted by Crippen LogP contribution is 2.70. The molecule has 0 heterocycles. The highest BCUT2D eigenvalue weighted by molar-refractivity contribution is 5.85. The molecule has 8 atom stereocenters. The van der Waals surface area contributed by atoms with E-state index >= 15 is 0 Å². The minimum absolute atomic E-state index is 0.323. The topological polar surface area (TPSA) is 0 Å². The van der Waals surface area contributed by atoms with Crippen molar-refractivity contribution >= 4 is 0 Å². The molecular formula is C32H30. The van der Waals surface area contributed by atoms with Gasteiger partial charge in [0.15, 0.2) is 0 Å². The van der Waals surface area contributed by atoms with Gasteiger partial charge < -0.3 is 0 Å². The molecule has 8 aliphatic carbocycles. The summed E-state index contributed by atoms with van der Waals surface area (Å²) >= 11 is 0. The van der Waals surface area contributed by atoms with Crippen LogP contribution in [0.1, 0.15) is 102 Å². The van der Waals surface area contributed by atoms with Gasteiger partial charge in [0, 0.05) is 5.41 Å². The number of fused-ring (bicyclic) bond motifs is 21. The molecule has 10 rings (SSSR count). The predicted molar refractivity (Wildman–Crippen MR) is 128 cm³/mol. The number of allylic oxidation sites excluding steroid dienone is 4. The van der Waals surface area contributed by atoms with E-state index in [-0.39, 0.29) is 0 Å². The molecule has 4 bridgehead atoms. The van der Waals surface area contributed by atoms with Crippen molar-refractivity contribution in [1.82, 2.24) is 0 Å². The number of rotatable bonds is 0. The molecule has 0 saturated heterocycles. The van der Waals surface area contributed by atoms with Gasteiger partial charge >= 0.3 is 0 Å². The van der Waals surface area contributed by atoms with E-state index in [0.717, 1.165) is 47.3 Å². The summed E-state index contributed by atoms with van der Waals surface area (Å²) in [7, 11) is 0. The summed E-state index contributed by atoms with van der Waals surface area (Å²) in [5, 5.41) is 0. The molecule has 8 aliphatic rings. The summed E-state index contributed by atoms with van der Waals surface area (Å²) in [5.74, 6) is 6.70. The molecule has 2 aromatic carbocycles. The second-order valence-electron chi connectivity index (χ2n) is 12.7. The molecule has 0 heteroatoms. The first-order chi connectivity index (χ1) is 15.8. The molecule has 3 fully saturated rings. The van der Waals surface area contributed by atoms with Crippen molar-refractivity contribution in [2.45, 2.75) is 74.0 Å². The van der Waals surface area contributed by atoms with Crippen molar-refractivity contribution in [3.63, 3.8) is 0 Å². The van der Waals surface area contributed by atoms with Gasteiger partial charge in [0.05, 0.1) is 0 Å². The summed E-state index contributed by atoms with van der Waals surface area (Å²) in [6, 6.07) is 10.9. The van der Waals surface area contributed by atoms with Crippen molar-refractivity contribution < 1.29 is 0 Å². The van der Waals surface area contributed by atoms with Crippen molar-refractivity contribution in [1.29, 1.82) is 0 Å². The minimum atomic E-state index is 0.323. The van der Waals surface area contributed by atoms with Crippen LogP contribution in [0.4, 0.5) is 0 Å². The molecule has 0 N–H and O–H groups in total. The monoisotopic (exact) mass is 414 g/mol. The second kappa shape index (κ2) is 5.03. The Morgan fingerprint density at radius 1 is 0.500 bits per heavy atom. The summed E-state index contributed by atoms with van der Waals surface area (Å²) < 4.78 is 0. The molecule has 0 radical (unpaired) electrons. The molecule has 0 amide bonds. The molecule has 0 aliphatic heterocycles. The Balaban J connectivity index is 1.21.